The van der Waals surface area contributed by atoms with Crippen LogP contribution < -0.4 is 9.47 Å². The highest BCUT2D eigenvalue weighted by atomic mass is 16.5. The first-order valence-corrected chi connectivity index (χ1v) is 11.2. The molecule has 0 saturated carbocycles. The molecule has 0 radical (unpaired) electrons. The van der Waals surface area contributed by atoms with Crippen molar-refractivity contribution in [2.45, 2.75) is 25.7 Å². The standard InChI is InChI=1S/C25H30N2O4/c28-24(19-31-22-6-2-1-3-7-22)26-16-12-20(13-17-26)18-30-23-10-8-21(9-11-23)25(29)27-14-4-5-15-27/h1-3,6-11,20H,4-5,12-19H2. The molecule has 2 saturated heterocycles. The zero-order chi connectivity index (χ0) is 21.5. The first kappa shape index (κ1) is 21.2. The summed E-state index contributed by atoms with van der Waals surface area (Å²) < 4.78 is 11.5. The molecule has 0 aromatic heterocycles. The highest BCUT2D eigenvalue weighted by molar-refractivity contribution is 5.94. The predicted octanol–water partition coefficient (Wildman–Crippen LogP) is 3.62. The van der Waals surface area contributed by atoms with E-state index in [-0.39, 0.29) is 18.4 Å². The average Bonchev–Trinajstić information content (AvgIpc) is 3.37. The molecule has 0 aliphatic carbocycles. The van der Waals surface area contributed by atoms with Crippen LogP contribution in [0, 0.1) is 5.92 Å². The molecule has 0 N–H and O–H groups in total. The van der Waals surface area contributed by atoms with Gasteiger partial charge in [-0.1, -0.05) is 18.2 Å². The highest BCUT2D eigenvalue weighted by Gasteiger charge is 2.24. The molecule has 164 valence electrons. The minimum Gasteiger partial charge on any atom is -0.493 e. The van der Waals surface area contributed by atoms with E-state index in [0.717, 1.165) is 63.2 Å². The van der Waals surface area contributed by atoms with Crippen molar-refractivity contribution in [3.63, 3.8) is 0 Å². The third kappa shape index (κ3) is 5.78. The molecule has 31 heavy (non-hydrogen) atoms. The molecule has 2 heterocycles. The van der Waals surface area contributed by atoms with Crippen molar-refractivity contribution in [3.05, 3.63) is 60.2 Å². The van der Waals surface area contributed by atoms with E-state index in [0.29, 0.717) is 18.3 Å². The average molecular weight is 423 g/mol. The second kappa shape index (κ2) is 10.3. The maximum absolute atomic E-state index is 12.4. The van der Waals surface area contributed by atoms with Gasteiger partial charge in [-0.25, -0.2) is 0 Å². The fourth-order valence-corrected chi connectivity index (χ4v) is 4.11. The number of ether oxygens (including phenoxy) is 2. The van der Waals surface area contributed by atoms with Gasteiger partial charge in [0.15, 0.2) is 6.61 Å². The van der Waals surface area contributed by atoms with Gasteiger partial charge in [-0.05, 0) is 68.0 Å². The van der Waals surface area contributed by atoms with Gasteiger partial charge in [-0.2, -0.15) is 0 Å². The van der Waals surface area contributed by atoms with Crippen LogP contribution >= 0.6 is 0 Å². The van der Waals surface area contributed by atoms with Gasteiger partial charge in [-0.3, -0.25) is 9.59 Å². The number of carbonyl (C=O) groups excluding carboxylic acids is 2. The van der Waals surface area contributed by atoms with Crippen LogP contribution in [0.2, 0.25) is 0 Å². The van der Waals surface area contributed by atoms with Gasteiger partial charge in [0.25, 0.3) is 11.8 Å². The fraction of sp³-hybridized carbons (Fsp3) is 0.440. The lowest BCUT2D eigenvalue weighted by molar-refractivity contribution is -0.134. The van der Waals surface area contributed by atoms with E-state index < -0.39 is 0 Å². The van der Waals surface area contributed by atoms with Crippen molar-refractivity contribution in [2.24, 2.45) is 5.92 Å². The molecule has 6 nitrogen and oxygen atoms in total. The maximum atomic E-state index is 12.4. The van der Waals surface area contributed by atoms with E-state index in [1.54, 1.807) is 0 Å². The fourth-order valence-electron chi connectivity index (χ4n) is 4.11. The van der Waals surface area contributed by atoms with Crippen molar-refractivity contribution >= 4 is 11.8 Å². The van der Waals surface area contributed by atoms with E-state index in [4.69, 9.17) is 9.47 Å². The quantitative estimate of drug-likeness (QED) is 0.684. The molecule has 0 atom stereocenters. The van der Waals surface area contributed by atoms with Crippen LogP contribution in [0.1, 0.15) is 36.0 Å². The minimum atomic E-state index is 0.0291. The lowest BCUT2D eigenvalue weighted by Crippen LogP contribution is -2.41. The lowest BCUT2D eigenvalue weighted by atomic mass is 9.98. The van der Waals surface area contributed by atoms with E-state index >= 15 is 0 Å². The Labute approximate surface area is 183 Å². The number of hydrogen-bond donors (Lipinski definition) is 0. The van der Waals surface area contributed by atoms with Crippen molar-refractivity contribution in [1.29, 1.82) is 0 Å². The maximum Gasteiger partial charge on any atom is 0.260 e. The van der Waals surface area contributed by atoms with E-state index in [1.165, 1.54) is 0 Å². The molecule has 2 aliphatic heterocycles. The number of likely N-dealkylation sites (tertiary alicyclic amines) is 2. The third-order valence-corrected chi connectivity index (χ3v) is 6.05. The largest absolute Gasteiger partial charge is 0.493 e. The van der Waals surface area contributed by atoms with Crippen LogP contribution in [-0.4, -0.2) is 61.0 Å². The van der Waals surface area contributed by atoms with Crippen molar-refractivity contribution in [2.75, 3.05) is 39.4 Å². The van der Waals surface area contributed by atoms with Gasteiger partial charge in [0.1, 0.15) is 11.5 Å². The van der Waals surface area contributed by atoms with Gasteiger partial charge >= 0.3 is 0 Å². The van der Waals surface area contributed by atoms with Crippen LogP contribution in [-0.2, 0) is 4.79 Å². The SMILES string of the molecule is O=C(COc1ccccc1)N1CCC(COc2ccc(C(=O)N3CCCC3)cc2)CC1. The third-order valence-electron chi connectivity index (χ3n) is 6.05. The summed E-state index contributed by atoms with van der Waals surface area (Å²) in [5.41, 5.74) is 0.721. The highest BCUT2D eigenvalue weighted by Crippen LogP contribution is 2.21. The summed E-state index contributed by atoms with van der Waals surface area (Å²) in [6.45, 7) is 3.88. The summed E-state index contributed by atoms with van der Waals surface area (Å²) in [6, 6.07) is 16.9. The molecule has 6 heteroatoms. The van der Waals surface area contributed by atoms with Gasteiger partial charge in [0.2, 0.25) is 0 Å². The van der Waals surface area contributed by atoms with Gasteiger partial charge in [0, 0.05) is 31.7 Å². The molecule has 0 bridgehead atoms. The Balaban J connectivity index is 1.17. The number of benzene rings is 2. The molecular weight excluding hydrogens is 392 g/mol. The molecule has 4 rings (SSSR count). The number of nitrogens with zero attached hydrogens (tertiary/aromatic N) is 2. The second-order valence-corrected chi connectivity index (χ2v) is 8.26. The monoisotopic (exact) mass is 422 g/mol. The Morgan fingerprint density at radius 3 is 2.10 bits per heavy atom. The zero-order valence-electron chi connectivity index (χ0n) is 17.9. The molecule has 2 aliphatic rings. The van der Waals surface area contributed by atoms with E-state index in [2.05, 4.69) is 0 Å². The molecule has 2 amide bonds. The molecule has 0 unspecified atom stereocenters. The van der Waals surface area contributed by atoms with Crippen molar-refractivity contribution in [3.8, 4) is 11.5 Å². The molecule has 2 fully saturated rings. The summed E-state index contributed by atoms with van der Waals surface area (Å²) in [7, 11) is 0. The molecule has 2 aromatic carbocycles. The first-order chi connectivity index (χ1) is 15.2. The normalized spacial score (nSPS) is 16.9. The lowest BCUT2D eigenvalue weighted by Gasteiger charge is -2.31. The smallest absolute Gasteiger partial charge is 0.260 e. The Bertz CT molecular complexity index is 855. The van der Waals surface area contributed by atoms with Crippen LogP contribution in [0.4, 0.5) is 0 Å². The van der Waals surface area contributed by atoms with E-state index in [9.17, 15) is 9.59 Å². The van der Waals surface area contributed by atoms with Gasteiger partial charge in [-0.15, -0.1) is 0 Å². The first-order valence-electron chi connectivity index (χ1n) is 11.2. The van der Waals surface area contributed by atoms with Crippen LogP contribution in [0.5, 0.6) is 11.5 Å². The summed E-state index contributed by atoms with van der Waals surface area (Å²) >= 11 is 0. The predicted molar refractivity (Wildman–Crippen MR) is 118 cm³/mol. The van der Waals surface area contributed by atoms with Gasteiger partial charge < -0.3 is 19.3 Å². The summed E-state index contributed by atoms with van der Waals surface area (Å²) in [4.78, 5) is 28.6. The Hall–Kier alpha value is -3.02. The Morgan fingerprint density at radius 2 is 1.42 bits per heavy atom. The molecule has 0 spiro atoms. The van der Waals surface area contributed by atoms with Crippen LogP contribution in [0.3, 0.4) is 0 Å². The topological polar surface area (TPSA) is 59.1 Å². The van der Waals surface area contributed by atoms with Crippen LogP contribution in [0.15, 0.2) is 54.6 Å². The van der Waals surface area contributed by atoms with Gasteiger partial charge in [0.05, 0.1) is 6.61 Å². The van der Waals surface area contributed by atoms with Crippen LogP contribution in [0.25, 0.3) is 0 Å². The summed E-state index contributed by atoms with van der Waals surface area (Å²) in [5.74, 6) is 2.06. The second-order valence-electron chi connectivity index (χ2n) is 8.26. The summed E-state index contributed by atoms with van der Waals surface area (Å²) in [6.07, 6.45) is 4.03. The zero-order valence-corrected chi connectivity index (χ0v) is 17.9. The number of amides is 2. The minimum absolute atomic E-state index is 0.0291. The van der Waals surface area contributed by atoms with Crippen molar-refractivity contribution < 1.29 is 19.1 Å². The number of carbonyl (C=O) groups is 2. The number of hydrogen-bond acceptors (Lipinski definition) is 4. The summed E-state index contributed by atoms with van der Waals surface area (Å²) in [5, 5.41) is 0. The van der Waals surface area contributed by atoms with E-state index in [1.807, 2.05) is 64.4 Å². The van der Waals surface area contributed by atoms with Crippen molar-refractivity contribution in [1.82, 2.24) is 9.80 Å². The number of rotatable bonds is 7. The molecule has 2 aromatic rings. The Morgan fingerprint density at radius 1 is 0.774 bits per heavy atom. The Kier molecular flexibility index (Phi) is 7.07. The number of piperidine rings is 1. The molecular formula is C25H30N2O4. The number of para-hydroxylation sites is 1.